The van der Waals surface area contributed by atoms with Gasteiger partial charge in [-0.2, -0.15) is 0 Å². The summed E-state index contributed by atoms with van der Waals surface area (Å²) >= 11 is 0. The highest BCUT2D eigenvalue weighted by atomic mass is 16.5. The van der Waals surface area contributed by atoms with E-state index in [0.29, 0.717) is 5.75 Å². The number of carboxylic acids is 1. The number of carboxylic acid groups (broad SMARTS) is 1. The Morgan fingerprint density at radius 1 is 1.62 bits per heavy atom. The largest absolute Gasteiger partial charge is 0.479 e. The maximum Gasteiger partial charge on any atom is 0.344 e. The topological polar surface area (TPSA) is 72.5 Å². The average molecular weight is 221 g/mol. The third kappa shape index (κ3) is 2.02. The van der Waals surface area contributed by atoms with Crippen LogP contribution in [0.4, 0.5) is 0 Å². The molecule has 1 aliphatic rings. The molecule has 0 heterocycles. The minimum absolute atomic E-state index is 0.112. The summed E-state index contributed by atoms with van der Waals surface area (Å²) in [6.45, 7) is 1.52. The Labute approximate surface area is 94.0 Å². The van der Waals surface area contributed by atoms with Crippen molar-refractivity contribution in [2.75, 3.05) is 0 Å². The Morgan fingerprint density at radius 2 is 2.38 bits per heavy atom. The summed E-state index contributed by atoms with van der Waals surface area (Å²) in [5, 5.41) is 8.73. The van der Waals surface area contributed by atoms with Crippen LogP contribution in [0.5, 0.6) is 5.75 Å². The quantitative estimate of drug-likeness (QED) is 0.811. The van der Waals surface area contributed by atoms with E-state index in [2.05, 4.69) is 0 Å². The summed E-state index contributed by atoms with van der Waals surface area (Å²) in [6.07, 6.45) is 1.07. The first-order valence-electron chi connectivity index (χ1n) is 5.36. The maximum atomic E-state index is 10.6. The van der Waals surface area contributed by atoms with E-state index in [1.807, 2.05) is 12.1 Å². The molecule has 0 saturated heterocycles. The normalized spacial score (nSPS) is 20.2. The summed E-state index contributed by atoms with van der Waals surface area (Å²) in [4.78, 5) is 10.6. The molecule has 4 heteroatoms. The van der Waals surface area contributed by atoms with Crippen LogP contribution in [0.25, 0.3) is 0 Å². The molecule has 1 aromatic rings. The third-order valence-electron chi connectivity index (χ3n) is 2.90. The number of ether oxygens (including phenoxy) is 1. The molecule has 0 fully saturated rings. The Kier molecular flexibility index (Phi) is 2.83. The van der Waals surface area contributed by atoms with Gasteiger partial charge in [0.25, 0.3) is 0 Å². The second-order valence-electron chi connectivity index (χ2n) is 4.10. The van der Waals surface area contributed by atoms with Gasteiger partial charge in [-0.1, -0.05) is 6.07 Å². The van der Waals surface area contributed by atoms with Gasteiger partial charge < -0.3 is 15.6 Å². The molecule has 16 heavy (non-hydrogen) atoms. The van der Waals surface area contributed by atoms with E-state index in [0.717, 1.165) is 18.4 Å². The highest BCUT2D eigenvalue weighted by Crippen LogP contribution is 2.32. The van der Waals surface area contributed by atoms with Gasteiger partial charge in [0.15, 0.2) is 6.10 Å². The number of fused-ring (bicyclic) bond motifs is 1. The SMILES string of the molecule is CC(Oc1ccc2c(c1)CC[C@@H]2N)C(=O)O. The van der Waals surface area contributed by atoms with Crippen molar-refractivity contribution in [2.24, 2.45) is 5.73 Å². The standard InChI is InChI=1S/C12H15NO3/c1-7(12(14)15)16-9-3-4-10-8(6-9)2-5-11(10)13/h3-4,6-7,11H,2,5,13H2,1H3,(H,14,15)/t7?,11-/m0/s1. The van der Waals surface area contributed by atoms with Crippen LogP contribution >= 0.6 is 0 Å². The van der Waals surface area contributed by atoms with Gasteiger partial charge in [-0.3, -0.25) is 0 Å². The van der Waals surface area contributed by atoms with Gasteiger partial charge in [-0.25, -0.2) is 4.79 Å². The van der Waals surface area contributed by atoms with Gasteiger partial charge >= 0.3 is 5.97 Å². The first-order chi connectivity index (χ1) is 7.58. The zero-order chi connectivity index (χ0) is 11.7. The van der Waals surface area contributed by atoms with E-state index < -0.39 is 12.1 Å². The smallest absolute Gasteiger partial charge is 0.344 e. The summed E-state index contributed by atoms with van der Waals surface area (Å²) in [6, 6.07) is 5.71. The molecule has 1 aliphatic carbocycles. The first-order valence-corrected chi connectivity index (χ1v) is 5.36. The van der Waals surface area contributed by atoms with Crippen molar-refractivity contribution in [1.82, 2.24) is 0 Å². The summed E-state index contributed by atoms with van der Waals surface area (Å²) in [5.74, 6) is -0.361. The van der Waals surface area contributed by atoms with Crippen LogP contribution in [-0.2, 0) is 11.2 Å². The van der Waals surface area contributed by atoms with Crippen LogP contribution in [0.3, 0.4) is 0 Å². The van der Waals surface area contributed by atoms with Gasteiger partial charge in [0, 0.05) is 6.04 Å². The monoisotopic (exact) mass is 221 g/mol. The van der Waals surface area contributed by atoms with Crippen molar-refractivity contribution in [1.29, 1.82) is 0 Å². The van der Waals surface area contributed by atoms with Crippen LogP contribution in [0.15, 0.2) is 18.2 Å². The van der Waals surface area contributed by atoms with Crippen molar-refractivity contribution in [3.63, 3.8) is 0 Å². The van der Waals surface area contributed by atoms with Gasteiger partial charge in [-0.15, -0.1) is 0 Å². The van der Waals surface area contributed by atoms with Gasteiger partial charge in [0.05, 0.1) is 0 Å². The van der Waals surface area contributed by atoms with E-state index in [9.17, 15) is 4.79 Å². The van der Waals surface area contributed by atoms with Crippen LogP contribution in [0, 0.1) is 0 Å². The molecule has 0 bridgehead atoms. The Morgan fingerprint density at radius 3 is 3.06 bits per heavy atom. The third-order valence-corrected chi connectivity index (χ3v) is 2.90. The molecule has 2 atom stereocenters. The molecule has 86 valence electrons. The molecule has 2 rings (SSSR count). The summed E-state index contributed by atoms with van der Waals surface area (Å²) in [5.41, 5.74) is 8.23. The molecule has 1 unspecified atom stereocenters. The number of hydrogen-bond donors (Lipinski definition) is 2. The average Bonchev–Trinajstić information content (AvgIpc) is 2.60. The minimum Gasteiger partial charge on any atom is -0.479 e. The molecule has 0 saturated carbocycles. The molecule has 4 nitrogen and oxygen atoms in total. The molecular weight excluding hydrogens is 206 g/mol. The maximum absolute atomic E-state index is 10.6. The summed E-state index contributed by atoms with van der Waals surface area (Å²) in [7, 11) is 0. The van der Waals surface area contributed by atoms with Crippen molar-refractivity contribution in [2.45, 2.75) is 31.9 Å². The van der Waals surface area contributed by atoms with Crippen LogP contribution < -0.4 is 10.5 Å². The highest BCUT2D eigenvalue weighted by Gasteiger charge is 2.20. The van der Waals surface area contributed by atoms with Crippen molar-refractivity contribution in [3.05, 3.63) is 29.3 Å². The number of carbonyl (C=O) groups is 1. The molecular formula is C12H15NO3. The van der Waals surface area contributed by atoms with E-state index in [1.165, 1.54) is 12.5 Å². The first kappa shape index (κ1) is 11.0. The number of hydrogen-bond acceptors (Lipinski definition) is 3. The molecule has 0 aromatic heterocycles. The molecule has 0 radical (unpaired) electrons. The van der Waals surface area contributed by atoms with Crippen molar-refractivity contribution in [3.8, 4) is 5.75 Å². The van der Waals surface area contributed by atoms with Gasteiger partial charge in [0.2, 0.25) is 0 Å². The van der Waals surface area contributed by atoms with Crippen LogP contribution in [-0.4, -0.2) is 17.2 Å². The van der Waals surface area contributed by atoms with Gasteiger partial charge in [0.1, 0.15) is 5.75 Å². The number of benzene rings is 1. The predicted octanol–water partition coefficient (Wildman–Crippen LogP) is 1.48. The molecule has 0 amide bonds. The van der Waals surface area contributed by atoms with Crippen LogP contribution in [0.2, 0.25) is 0 Å². The predicted molar refractivity (Wildman–Crippen MR) is 59.4 cm³/mol. The fraction of sp³-hybridized carbons (Fsp3) is 0.417. The number of rotatable bonds is 3. The zero-order valence-electron chi connectivity index (χ0n) is 9.14. The summed E-state index contributed by atoms with van der Waals surface area (Å²) < 4.78 is 5.30. The molecule has 0 aliphatic heterocycles. The second kappa shape index (κ2) is 4.14. The Hall–Kier alpha value is -1.55. The van der Waals surface area contributed by atoms with E-state index in [4.69, 9.17) is 15.6 Å². The van der Waals surface area contributed by atoms with Crippen LogP contribution in [0.1, 0.15) is 30.5 Å². The van der Waals surface area contributed by atoms with E-state index in [-0.39, 0.29) is 6.04 Å². The highest BCUT2D eigenvalue weighted by molar-refractivity contribution is 5.72. The van der Waals surface area contributed by atoms with E-state index >= 15 is 0 Å². The number of aliphatic carboxylic acids is 1. The number of nitrogens with two attached hydrogens (primary N) is 1. The minimum atomic E-state index is -0.961. The van der Waals surface area contributed by atoms with Gasteiger partial charge in [-0.05, 0) is 43.0 Å². The lowest BCUT2D eigenvalue weighted by molar-refractivity contribution is -0.144. The second-order valence-corrected chi connectivity index (χ2v) is 4.10. The van der Waals surface area contributed by atoms with Crippen molar-refractivity contribution >= 4 is 5.97 Å². The lowest BCUT2D eigenvalue weighted by Crippen LogP contribution is -2.22. The fourth-order valence-corrected chi connectivity index (χ4v) is 1.95. The lowest BCUT2D eigenvalue weighted by atomic mass is 10.1. The van der Waals surface area contributed by atoms with Crippen molar-refractivity contribution < 1.29 is 14.6 Å². The Bertz CT molecular complexity index is 417. The lowest BCUT2D eigenvalue weighted by Gasteiger charge is -2.12. The molecule has 0 spiro atoms. The molecule has 3 N–H and O–H groups in total. The Balaban J connectivity index is 2.16. The fourth-order valence-electron chi connectivity index (χ4n) is 1.95. The zero-order valence-corrected chi connectivity index (χ0v) is 9.14. The van der Waals surface area contributed by atoms with E-state index in [1.54, 1.807) is 6.07 Å². The number of aryl methyl sites for hydroxylation is 1. The molecule has 1 aromatic carbocycles.